The number of morpholine rings is 1. The third-order valence-electron chi connectivity index (χ3n) is 4.40. The molecule has 1 N–H and O–H groups in total. The Morgan fingerprint density at radius 1 is 1.19 bits per heavy atom. The summed E-state index contributed by atoms with van der Waals surface area (Å²) in [5.74, 6) is -0.126. The Morgan fingerprint density at radius 2 is 1.92 bits per heavy atom. The van der Waals surface area contributed by atoms with Gasteiger partial charge in [-0.25, -0.2) is 0 Å². The number of carbonyl (C=O) groups is 1. The summed E-state index contributed by atoms with van der Waals surface area (Å²) in [5, 5.41) is 3.60. The van der Waals surface area contributed by atoms with E-state index in [9.17, 15) is 4.79 Å². The van der Waals surface area contributed by atoms with Gasteiger partial charge < -0.3 is 15.0 Å². The quantitative estimate of drug-likeness (QED) is 0.813. The summed E-state index contributed by atoms with van der Waals surface area (Å²) in [6, 6.07) is 14.0. The van der Waals surface area contributed by atoms with Gasteiger partial charge in [0, 0.05) is 36.4 Å². The first-order chi connectivity index (χ1) is 12.6. The van der Waals surface area contributed by atoms with Crippen molar-refractivity contribution in [2.45, 2.75) is 13.5 Å². The number of hydrogen-bond acceptors (Lipinski definition) is 3. The number of amides is 1. The summed E-state index contributed by atoms with van der Waals surface area (Å²) >= 11 is 6.09. The summed E-state index contributed by atoms with van der Waals surface area (Å²) in [6.45, 7) is 5.84. The van der Waals surface area contributed by atoms with Crippen LogP contribution in [-0.4, -0.2) is 32.2 Å². The van der Waals surface area contributed by atoms with Crippen LogP contribution in [0.3, 0.4) is 0 Å². The summed E-state index contributed by atoms with van der Waals surface area (Å²) < 4.78 is 5.37. The first kappa shape index (κ1) is 18.5. The van der Waals surface area contributed by atoms with Crippen LogP contribution in [0.5, 0.6) is 0 Å². The van der Waals surface area contributed by atoms with Crippen molar-refractivity contribution >= 4 is 29.3 Å². The fraction of sp³-hybridized carbons (Fsp3) is 0.286. The van der Waals surface area contributed by atoms with Crippen LogP contribution in [0.2, 0.25) is 5.02 Å². The van der Waals surface area contributed by atoms with E-state index in [-0.39, 0.29) is 5.91 Å². The highest BCUT2D eigenvalue weighted by molar-refractivity contribution is 6.31. The molecule has 1 saturated heterocycles. The lowest BCUT2D eigenvalue weighted by atomic mass is 10.1. The molecule has 1 aliphatic heterocycles. The van der Waals surface area contributed by atoms with Crippen molar-refractivity contribution < 1.29 is 9.53 Å². The summed E-state index contributed by atoms with van der Waals surface area (Å²) in [6.07, 6.45) is 3.30. The SMILES string of the molecule is Cc1ccc(/C=C/C(=O)NCc2ccc(N3CCOCC3)cc2)cc1Cl. The van der Waals surface area contributed by atoms with Crippen molar-refractivity contribution in [3.63, 3.8) is 0 Å². The average molecular weight is 371 g/mol. The first-order valence-corrected chi connectivity index (χ1v) is 9.13. The van der Waals surface area contributed by atoms with Gasteiger partial charge in [0.1, 0.15) is 0 Å². The van der Waals surface area contributed by atoms with Crippen LogP contribution in [0.1, 0.15) is 16.7 Å². The Morgan fingerprint density at radius 3 is 2.62 bits per heavy atom. The maximum atomic E-state index is 12.0. The van der Waals surface area contributed by atoms with Crippen LogP contribution < -0.4 is 10.2 Å². The number of anilines is 1. The van der Waals surface area contributed by atoms with E-state index < -0.39 is 0 Å². The molecule has 1 amide bonds. The van der Waals surface area contributed by atoms with Gasteiger partial charge in [-0.15, -0.1) is 0 Å². The molecule has 0 bridgehead atoms. The molecule has 136 valence electrons. The Kier molecular flexibility index (Phi) is 6.31. The smallest absolute Gasteiger partial charge is 0.244 e. The maximum Gasteiger partial charge on any atom is 0.244 e. The van der Waals surface area contributed by atoms with Crippen LogP contribution in [0.15, 0.2) is 48.5 Å². The summed E-state index contributed by atoms with van der Waals surface area (Å²) in [4.78, 5) is 14.3. The molecule has 26 heavy (non-hydrogen) atoms. The van der Waals surface area contributed by atoms with Crippen molar-refractivity contribution in [3.8, 4) is 0 Å². The molecule has 0 unspecified atom stereocenters. The number of nitrogens with one attached hydrogen (secondary N) is 1. The third-order valence-corrected chi connectivity index (χ3v) is 4.81. The zero-order valence-corrected chi connectivity index (χ0v) is 15.6. The van der Waals surface area contributed by atoms with E-state index in [2.05, 4.69) is 34.5 Å². The number of benzene rings is 2. The van der Waals surface area contributed by atoms with Gasteiger partial charge in [0.25, 0.3) is 0 Å². The number of hydrogen-bond donors (Lipinski definition) is 1. The molecule has 1 aliphatic rings. The van der Waals surface area contributed by atoms with Crippen LogP contribution in [0.25, 0.3) is 6.08 Å². The zero-order valence-electron chi connectivity index (χ0n) is 14.9. The van der Waals surface area contributed by atoms with Crippen molar-refractivity contribution in [3.05, 3.63) is 70.3 Å². The lowest BCUT2D eigenvalue weighted by Gasteiger charge is -2.28. The van der Waals surface area contributed by atoms with Crippen molar-refractivity contribution in [2.24, 2.45) is 0 Å². The van der Waals surface area contributed by atoms with Gasteiger partial charge in [0.15, 0.2) is 0 Å². The topological polar surface area (TPSA) is 41.6 Å². The highest BCUT2D eigenvalue weighted by Crippen LogP contribution is 2.18. The van der Waals surface area contributed by atoms with E-state index in [1.807, 2.05) is 25.1 Å². The average Bonchev–Trinajstić information content (AvgIpc) is 2.68. The standard InChI is InChI=1S/C21H23ClN2O2/c1-16-2-3-17(14-20(16)22)6-9-21(25)23-15-18-4-7-19(8-5-18)24-10-12-26-13-11-24/h2-9,14H,10-13,15H2,1H3,(H,23,25)/b9-6+. The monoisotopic (exact) mass is 370 g/mol. The minimum absolute atomic E-state index is 0.126. The predicted molar refractivity (Wildman–Crippen MR) is 107 cm³/mol. The van der Waals surface area contributed by atoms with Crippen molar-refractivity contribution in [1.82, 2.24) is 5.32 Å². The number of aryl methyl sites for hydroxylation is 1. The zero-order chi connectivity index (χ0) is 18.4. The molecular formula is C21H23ClN2O2. The van der Waals surface area contributed by atoms with Gasteiger partial charge in [0.05, 0.1) is 13.2 Å². The van der Waals surface area contributed by atoms with Crippen LogP contribution in [0.4, 0.5) is 5.69 Å². The molecule has 1 heterocycles. The van der Waals surface area contributed by atoms with Crippen molar-refractivity contribution in [2.75, 3.05) is 31.2 Å². The number of rotatable bonds is 5. The number of halogens is 1. The molecule has 1 fully saturated rings. The number of nitrogens with zero attached hydrogens (tertiary/aromatic N) is 1. The summed E-state index contributed by atoms with van der Waals surface area (Å²) in [5.41, 5.74) is 4.20. The third kappa shape index (κ3) is 5.10. The van der Waals surface area contributed by atoms with Gasteiger partial charge in [-0.3, -0.25) is 4.79 Å². The first-order valence-electron chi connectivity index (χ1n) is 8.75. The second-order valence-corrected chi connectivity index (χ2v) is 6.73. The predicted octanol–water partition coefficient (Wildman–Crippen LogP) is 3.81. The molecule has 0 radical (unpaired) electrons. The second kappa shape index (κ2) is 8.88. The summed E-state index contributed by atoms with van der Waals surface area (Å²) in [7, 11) is 0. The molecule has 0 atom stereocenters. The lowest BCUT2D eigenvalue weighted by molar-refractivity contribution is -0.116. The molecule has 0 aliphatic carbocycles. The van der Waals surface area contributed by atoms with E-state index >= 15 is 0 Å². The molecule has 2 aromatic carbocycles. The highest BCUT2D eigenvalue weighted by Gasteiger charge is 2.10. The largest absolute Gasteiger partial charge is 0.378 e. The Balaban J connectivity index is 1.50. The van der Waals surface area contributed by atoms with Gasteiger partial charge in [0.2, 0.25) is 5.91 Å². The molecule has 2 aromatic rings. The number of carbonyl (C=O) groups excluding carboxylic acids is 1. The van der Waals surface area contributed by atoms with E-state index in [0.29, 0.717) is 11.6 Å². The Hall–Kier alpha value is -2.30. The van der Waals surface area contributed by atoms with Crippen LogP contribution in [-0.2, 0) is 16.1 Å². The molecular weight excluding hydrogens is 348 g/mol. The van der Waals surface area contributed by atoms with E-state index in [4.69, 9.17) is 16.3 Å². The Labute approximate surface area is 159 Å². The van der Waals surface area contributed by atoms with Crippen LogP contribution in [0, 0.1) is 6.92 Å². The van der Waals surface area contributed by atoms with Gasteiger partial charge >= 0.3 is 0 Å². The fourth-order valence-corrected chi connectivity index (χ4v) is 2.97. The lowest BCUT2D eigenvalue weighted by Crippen LogP contribution is -2.36. The van der Waals surface area contributed by atoms with Crippen molar-refractivity contribution in [1.29, 1.82) is 0 Å². The molecule has 0 saturated carbocycles. The minimum atomic E-state index is -0.126. The fourth-order valence-electron chi connectivity index (χ4n) is 2.78. The molecule has 3 rings (SSSR count). The van der Waals surface area contributed by atoms with Crippen LogP contribution >= 0.6 is 11.6 Å². The molecule has 0 aromatic heterocycles. The Bertz CT molecular complexity index is 781. The highest BCUT2D eigenvalue weighted by atomic mass is 35.5. The second-order valence-electron chi connectivity index (χ2n) is 6.33. The van der Waals surface area contributed by atoms with Gasteiger partial charge in [-0.1, -0.05) is 35.9 Å². The molecule has 5 heteroatoms. The molecule has 4 nitrogen and oxygen atoms in total. The number of ether oxygens (including phenoxy) is 1. The maximum absolute atomic E-state index is 12.0. The van der Waals surface area contributed by atoms with E-state index in [1.54, 1.807) is 6.08 Å². The normalized spacial score (nSPS) is 14.6. The van der Waals surface area contributed by atoms with E-state index in [0.717, 1.165) is 43.0 Å². The minimum Gasteiger partial charge on any atom is -0.378 e. The van der Waals surface area contributed by atoms with Gasteiger partial charge in [-0.05, 0) is 47.9 Å². The molecule has 0 spiro atoms. The van der Waals surface area contributed by atoms with Gasteiger partial charge in [-0.2, -0.15) is 0 Å². The van der Waals surface area contributed by atoms with E-state index in [1.165, 1.54) is 11.8 Å².